The standard InChI is InChI=1S/C23H19NO4/c1-28-20-14-12-19(13-15-20)24(27)21(23(26)18-10-6-3-7-11-18)16-22(25)17-8-4-2-5-9-17/h2-16,27H,1H3/b21-16+. The molecular formula is C23H19NO4. The van der Waals surface area contributed by atoms with Crippen molar-refractivity contribution in [2.75, 3.05) is 12.2 Å². The summed E-state index contributed by atoms with van der Waals surface area (Å²) in [5.41, 5.74) is 0.966. The lowest BCUT2D eigenvalue weighted by Gasteiger charge is -2.20. The first-order chi connectivity index (χ1) is 13.6. The monoisotopic (exact) mass is 373 g/mol. The van der Waals surface area contributed by atoms with E-state index in [2.05, 4.69) is 0 Å². The van der Waals surface area contributed by atoms with Gasteiger partial charge in [0.25, 0.3) is 0 Å². The first kappa shape index (κ1) is 19.1. The van der Waals surface area contributed by atoms with Gasteiger partial charge in [-0.2, -0.15) is 0 Å². The van der Waals surface area contributed by atoms with Gasteiger partial charge in [-0.1, -0.05) is 60.7 Å². The van der Waals surface area contributed by atoms with Gasteiger partial charge in [0, 0.05) is 17.2 Å². The summed E-state index contributed by atoms with van der Waals surface area (Å²) in [4.78, 5) is 25.6. The topological polar surface area (TPSA) is 66.8 Å². The van der Waals surface area contributed by atoms with Crippen LogP contribution in [-0.4, -0.2) is 23.9 Å². The molecule has 0 atom stereocenters. The zero-order valence-electron chi connectivity index (χ0n) is 15.3. The number of allylic oxidation sites excluding steroid dienone is 2. The minimum Gasteiger partial charge on any atom is -0.497 e. The van der Waals surface area contributed by atoms with E-state index in [1.165, 1.54) is 7.11 Å². The molecule has 0 amide bonds. The number of hydrogen-bond acceptors (Lipinski definition) is 5. The van der Waals surface area contributed by atoms with Gasteiger partial charge < -0.3 is 4.74 Å². The third kappa shape index (κ3) is 4.34. The molecule has 5 heteroatoms. The number of anilines is 1. The van der Waals surface area contributed by atoms with Crippen molar-refractivity contribution in [3.8, 4) is 5.75 Å². The van der Waals surface area contributed by atoms with Crippen molar-refractivity contribution >= 4 is 17.3 Å². The Balaban J connectivity index is 2.01. The minimum atomic E-state index is -0.469. The van der Waals surface area contributed by atoms with Crippen LogP contribution in [0.4, 0.5) is 5.69 Å². The maximum absolute atomic E-state index is 13.0. The minimum absolute atomic E-state index is 0.148. The number of hydrogen-bond donors (Lipinski definition) is 1. The van der Waals surface area contributed by atoms with Crippen LogP contribution in [0.15, 0.2) is 96.7 Å². The molecule has 1 N–H and O–H groups in total. The maximum atomic E-state index is 13.0. The van der Waals surface area contributed by atoms with Crippen LogP contribution in [-0.2, 0) is 0 Å². The molecule has 3 rings (SSSR count). The molecule has 0 aromatic heterocycles. The Morgan fingerprint density at radius 2 is 1.36 bits per heavy atom. The van der Waals surface area contributed by atoms with Crippen LogP contribution < -0.4 is 9.80 Å². The van der Waals surface area contributed by atoms with Gasteiger partial charge in [0.05, 0.1) is 12.8 Å². The van der Waals surface area contributed by atoms with Crippen LogP contribution >= 0.6 is 0 Å². The fourth-order valence-corrected chi connectivity index (χ4v) is 2.63. The van der Waals surface area contributed by atoms with Gasteiger partial charge >= 0.3 is 0 Å². The van der Waals surface area contributed by atoms with E-state index in [9.17, 15) is 14.8 Å². The molecular weight excluding hydrogens is 354 g/mol. The fourth-order valence-electron chi connectivity index (χ4n) is 2.63. The number of ketones is 2. The molecule has 0 heterocycles. The average Bonchev–Trinajstić information content (AvgIpc) is 2.77. The van der Waals surface area contributed by atoms with E-state index in [0.29, 0.717) is 22.6 Å². The molecule has 0 aliphatic heterocycles. The second kappa shape index (κ2) is 8.79. The molecule has 0 fully saturated rings. The zero-order valence-corrected chi connectivity index (χ0v) is 15.3. The van der Waals surface area contributed by atoms with Gasteiger partial charge in [0.15, 0.2) is 5.78 Å². The number of methoxy groups -OCH3 is 1. The Morgan fingerprint density at radius 1 is 0.821 bits per heavy atom. The number of ether oxygens (including phenoxy) is 1. The SMILES string of the molecule is COc1ccc(N(O)/C(=C/C(=O)c2ccccc2)C(=O)c2ccccc2)cc1. The Bertz CT molecular complexity index is 980. The average molecular weight is 373 g/mol. The summed E-state index contributed by atoms with van der Waals surface area (Å²) < 4.78 is 5.11. The number of carbonyl (C=O) groups is 2. The van der Waals surface area contributed by atoms with Gasteiger partial charge in [-0.05, 0) is 24.3 Å². The number of benzene rings is 3. The summed E-state index contributed by atoms with van der Waals surface area (Å²) in [5.74, 6) is -0.243. The van der Waals surface area contributed by atoms with Gasteiger partial charge in [0.1, 0.15) is 11.4 Å². The Labute approximate surface area is 163 Å². The first-order valence-corrected chi connectivity index (χ1v) is 8.64. The quantitative estimate of drug-likeness (QED) is 0.374. The van der Waals surface area contributed by atoms with E-state index in [0.717, 1.165) is 11.1 Å². The van der Waals surface area contributed by atoms with Crippen LogP contribution in [0.1, 0.15) is 20.7 Å². The van der Waals surface area contributed by atoms with Crippen molar-refractivity contribution in [1.29, 1.82) is 0 Å². The molecule has 3 aromatic carbocycles. The van der Waals surface area contributed by atoms with E-state index in [4.69, 9.17) is 4.74 Å². The lowest BCUT2D eigenvalue weighted by molar-refractivity contribution is 0.0989. The van der Waals surface area contributed by atoms with Crippen LogP contribution in [0.5, 0.6) is 5.75 Å². The van der Waals surface area contributed by atoms with Gasteiger partial charge in [0.2, 0.25) is 5.78 Å². The number of nitrogens with zero attached hydrogens (tertiary/aromatic N) is 1. The summed E-state index contributed by atoms with van der Waals surface area (Å²) >= 11 is 0. The highest BCUT2D eigenvalue weighted by molar-refractivity contribution is 6.16. The largest absolute Gasteiger partial charge is 0.497 e. The normalized spacial score (nSPS) is 11.0. The Kier molecular flexibility index (Phi) is 5.99. The van der Waals surface area contributed by atoms with Gasteiger partial charge in [-0.15, -0.1) is 0 Å². The highest BCUT2D eigenvalue weighted by Gasteiger charge is 2.21. The van der Waals surface area contributed by atoms with Gasteiger partial charge in [-0.25, -0.2) is 5.06 Å². The van der Waals surface area contributed by atoms with E-state index >= 15 is 0 Å². The zero-order chi connectivity index (χ0) is 19.9. The lowest BCUT2D eigenvalue weighted by Crippen LogP contribution is -2.25. The summed E-state index contributed by atoms with van der Waals surface area (Å²) in [6.45, 7) is 0. The Hall–Kier alpha value is -3.70. The van der Waals surface area contributed by atoms with E-state index < -0.39 is 5.78 Å². The molecule has 0 unspecified atom stereocenters. The Morgan fingerprint density at radius 3 is 1.89 bits per heavy atom. The number of rotatable bonds is 7. The van der Waals surface area contributed by atoms with Crippen molar-refractivity contribution in [3.05, 3.63) is 108 Å². The molecule has 0 radical (unpaired) electrons. The molecule has 0 saturated carbocycles. The van der Waals surface area contributed by atoms with Crippen LogP contribution in [0.2, 0.25) is 0 Å². The van der Waals surface area contributed by atoms with E-state index in [1.54, 1.807) is 84.9 Å². The second-order valence-electron chi connectivity index (χ2n) is 5.96. The van der Waals surface area contributed by atoms with Gasteiger partial charge in [-0.3, -0.25) is 14.8 Å². The van der Waals surface area contributed by atoms with E-state index in [1.807, 2.05) is 0 Å². The number of hydroxylamine groups is 1. The molecule has 0 spiro atoms. The molecule has 0 saturated heterocycles. The highest BCUT2D eigenvalue weighted by atomic mass is 16.5. The summed E-state index contributed by atoms with van der Waals surface area (Å²) in [7, 11) is 1.54. The van der Waals surface area contributed by atoms with Crippen LogP contribution in [0, 0.1) is 0 Å². The molecule has 0 bridgehead atoms. The molecule has 0 aliphatic carbocycles. The summed E-state index contributed by atoms with van der Waals surface area (Å²) in [6, 6.07) is 23.6. The maximum Gasteiger partial charge on any atom is 0.211 e. The van der Waals surface area contributed by atoms with E-state index in [-0.39, 0.29) is 11.5 Å². The third-order valence-electron chi connectivity index (χ3n) is 4.14. The summed E-state index contributed by atoms with van der Waals surface area (Å²) in [6.07, 6.45) is 1.15. The number of carbonyl (C=O) groups excluding carboxylic acids is 2. The summed E-state index contributed by atoms with van der Waals surface area (Å²) in [5, 5.41) is 11.4. The molecule has 0 aliphatic rings. The van der Waals surface area contributed by atoms with Crippen molar-refractivity contribution in [2.24, 2.45) is 0 Å². The first-order valence-electron chi connectivity index (χ1n) is 8.64. The predicted molar refractivity (Wildman–Crippen MR) is 107 cm³/mol. The third-order valence-corrected chi connectivity index (χ3v) is 4.14. The fraction of sp³-hybridized carbons (Fsp3) is 0.0435. The van der Waals surface area contributed by atoms with Crippen molar-refractivity contribution < 1.29 is 19.5 Å². The predicted octanol–water partition coefficient (Wildman–Crippen LogP) is 4.54. The molecule has 3 aromatic rings. The van der Waals surface area contributed by atoms with Crippen molar-refractivity contribution in [1.82, 2.24) is 0 Å². The highest BCUT2D eigenvalue weighted by Crippen LogP contribution is 2.23. The van der Waals surface area contributed by atoms with Crippen molar-refractivity contribution in [3.63, 3.8) is 0 Å². The van der Waals surface area contributed by atoms with Crippen LogP contribution in [0.3, 0.4) is 0 Å². The molecule has 28 heavy (non-hydrogen) atoms. The molecule has 140 valence electrons. The van der Waals surface area contributed by atoms with Crippen molar-refractivity contribution in [2.45, 2.75) is 0 Å². The molecule has 5 nitrogen and oxygen atoms in total. The second-order valence-corrected chi connectivity index (χ2v) is 5.96. The lowest BCUT2D eigenvalue weighted by atomic mass is 10.0. The smallest absolute Gasteiger partial charge is 0.211 e. The van der Waals surface area contributed by atoms with Crippen LogP contribution in [0.25, 0.3) is 0 Å². The number of Topliss-reactive ketones (excluding diaryl/α,β-unsaturated/α-hetero) is 1.